The highest BCUT2D eigenvalue weighted by Crippen LogP contribution is 2.23. The number of nitrogens with one attached hydrogen (secondary N) is 1. The molecule has 2 heterocycles. The fraction of sp³-hybridized carbons (Fsp3) is 0.526. The number of piperidine rings is 1. The number of anilines is 1. The second-order valence-corrected chi connectivity index (χ2v) is 6.83. The predicted octanol–water partition coefficient (Wildman–Crippen LogP) is 1.80. The quantitative estimate of drug-likeness (QED) is 0.829. The molecule has 0 atom stereocenters. The van der Waals surface area contributed by atoms with Crippen LogP contribution < -0.4 is 10.2 Å². The number of likely N-dealkylation sites (tertiary alicyclic amines) is 1. The fourth-order valence-corrected chi connectivity index (χ4v) is 3.49. The average Bonchev–Trinajstić information content (AvgIpc) is 3.03. The second-order valence-electron chi connectivity index (χ2n) is 6.83. The summed E-state index contributed by atoms with van der Waals surface area (Å²) in [6, 6.07) is 5.67. The molecule has 2 saturated heterocycles. The van der Waals surface area contributed by atoms with Gasteiger partial charge < -0.3 is 19.9 Å². The molecule has 28 heavy (non-hydrogen) atoms. The van der Waals surface area contributed by atoms with Crippen molar-refractivity contribution in [3.8, 4) is 0 Å². The Morgan fingerprint density at radius 2 is 1.89 bits per heavy atom. The van der Waals surface area contributed by atoms with Crippen LogP contribution in [0.3, 0.4) is 0 Å². The van der Waals surface area contributed by atoms with Crippen LogP contribution >= 0.6 is 0 Å². The van der Waals surface area contributed by atoms with Crippen LogP contribution in [0.15, 0.2) is 24.3 Å². The Bertz CT molecular complexity index is 736. The van der Waals surface area contributed by atoms with Gasteiger partial charge in [-0.1, -0.05) is 12.1 Å². The van der Waals surface area contributed by atoms with Crippen LogP contribution in [-0.4, -0.2) is 73.2 Å². The highest BCUT2D eigenvalue weighted by atomic mass is 19.1. The van der Waals surface area contributed by atoms with Crippen molar-refractivity contribution in [2.45, 2.75) is 25.8 Å². The lowest BCUT2D eigenvalue weighted by molar-refractivity contribution is -0.122. The summed E-state index contributed by atoms with van der Waals surface area (Å²) in [4.78, 5) is 40.9. The number of carbonyl (C=O) groups is 3. The Balaban J connectivity index is 1.46. The molecule has 2 aliphatic rings. The summed E-state index contributed by atoms with van der Waals surface area (Å²) < 4.78 is 18.9. The molecule has 1 N–H and O–H groups in total. The maximum atomic E-state index is 13.9. The van der Waals surface area contributed by atoms with E-state index in [9.17, 15) is 18.8 Å². The monoisotopic (exact) mass is 392 g/mol. The maximum absolute atomic E-state index is 13.9. The number of amides is 4. The molecule has 0 saturated carbocycles. The van der Waals surface area contributed by atoms with Crippen molar-refractivity contribution < 1.29 is 23.5 Å². The smallest absolute Gasteiger partial charge is 0.409 e. The maximum Gasteiger partial charge on any atom is 0.409 e. The van der Waals surface area contributed by atoms with Crippen LogP contribution in [0.1, 0.15) is 19.8 Å². The van der Waals surface area contributed by atoms with Crippen molar-refractivity contribution in [1.82, 2.24) is 15.1 Å². The van der Waals surface area contributed by atoms with Crippen LogP contribution in [0.4, 0.5) is 19.7 Å². The first-order valence-corrected chi connectivity index (χ1v) is 9.51. The molecule has 4 amide bonds. The molecule has 2 aliphatic heterocycles. The summed E-state index contributed by atoms with van der Waals surface area (Å²) in [5.41, 5.74) is 0.224. The molecule has 0 aliphatic carbocycles. The van der Waals surface area contributed by atoms with Crippen molar-refractivity contribution in [2.24, 2.45) is 0 Å². The number of urea groups is 1. The first-order chi connectivity index (χ1) is 13.5. The van der Waals surface area contributed by atoms with Gasteiger partial charge in [0.05, 0.1) is 12.3 Å². The molecule has 0 radical (unpaired) electrons. The van der Waals surface area contributed by atoms with Gasteiger partial charge in [0.25, 0.3) is 0 Å². The number of carbonyl (C=O) groups excluding carboxylic acids is 3. The number of hydrogen-bond acceptors (Lipinski definition) is 4. The summed E-state index contributed by atoms with van der Waals surface area (Å²) in [7, 11) is 0. The van der Waals surface area contributed by atoms with Gasteiger partial charge in [-0.3, -0.25) is 9.69 Å². The van der Waals surface area contributed by atoms with Gasteiger partial charge in [0.1, 0.15) is 12.4 Å². The fourth-order valence-electron chi connectivity index (χ4n) is 3.49. The lowest BCUT2D eigenvalue weighted by atomic mass is 10.1. The van der Waals surface area contributed by atoms with E-state index in [0.717, 1.165) is 0 Å². The Labute approximate surface area is 163 Å². The molecule has 0 aromatic heterocycles. The van der Waals surface area contributed by atoms with Crippen LogP contribution in [0.25, 0.3) is 0 Å². The van der Waals surface area contributed by atoms with E-state index in [1.807, 2.05) is 0 Å². The highest BCUT2D eigenvalue weighted by Gasteiger charge is 2.33. The largest absolute Gasteiger partial charge is 0.450 e. The Hall–Kier alpha value is -2.84. The van der Waals surface area contributed by atoms with Gasteiger partial charge in [-0.05, 0) is 31.9 Å². The van der Waals surface area contributed by atoms with Crippen molar-refractivity contribution in [3.63, 3.8) is 0 Å². The van der Waals surface area contributed by atoms with E-state index in [2.05, 4.69) is 5.32 Å². The molecule has 0 unspecified atom stereocenters. The van der Waals surface area contributed by atoms with Crippen LogP contribution in [0.5, 0.6) is 0 Å². The minimum Gasteiger partial charge on any atom is -0.450 e. The van der Waals surface area contributed by atoms with E-state index in [-0.39, 0.29) is 36.3 Å². The molecule has 9 heteroatoms. The summed E-state index contributed by atoms with van der Waals surface area (Å²) in [6.45, 7) is 3.77. The Morgan fingerprint density at radius 1 is 1.18 bits per heavy atom. The lowest BCUT2D eigenvalue weighted by Gasteiger charge is -2.31. The number of rotatable bonds is 5. The van der Waals surface area contributed by atoms with E-state index in [4.69, 9.17) is 4.74 Å². The van der Waals surface area contributed by atoms with Gasteiger partial charge in [0, 0.05) is 32.2 Å². The molecule has 3 rings (SSSR count). The lowest BCUT2D eigenvalue weighted by Crippen LogP contribution is -2.49. The number of nitrogens with zero attached hydrogens (tertiary/aromatic N) is 3. The summed E-state index contributed by atoms with van der Waals surface area (Å²) in [6.07, 6.45) is 0.947. The Morgan fingerprint density at radius 3 is 2.57 bits per heavy atom. The first-order valence-electron chi connectivity index (χ1n) is 9.51. The van der Waals surface area contributed by atoms with Gasteiger partial charge >= 0.3 is 12.1 Å². The number of para-hydroxylation sites is 1. The van der Waals surface area contributed by atoms with Gasteiger partial charge in [-0.15, -0.1) is 0 Å². The minimum atomic E-state index is -0.462. The topological polar surface area (TPSA) is 82.2 Å². The van der Waals surface area contributed by atoms with E-state index < -0.39 is 5.82 Å². The third-order valence-electron chi connectivity index (χ3n) is 4.96. The van der Waals surface area contributed by atoms with Crippen LogP contribution in [0.2, 0.25) is 0 Å². The SMILES string of the molecule is CCOC(=O)N1CCC(NC(=O)CN2CCN(c3ccccc3F)C2=O)CC1. The summed E-state index contributed by atoms with van der Waals surface area (Å²) in [5, 5.41) is 2.92. The zero-order valence-electron chi connectivity index (χ0n) is 15.9. The number of halogens is 1. The molecule has 0 bridgehead atoms. The summed E-state index contributed by atoms with van der Waals surface area (Å²) in [5.74, 6) is -0.714. The third kappa shape index (κ3) is 4.52. The van der Waals surface area contributed by atoms with Gasteiger partial charge in [-0.25, -0.2) is 14.0 Å². The number of benzene rings is 1. The van der Waals surface area contributed by atoms with Crippen LogP contribution in [0, 0.1) is 5.82 Å². The standard InChI is InChI=1S/C19H25FN4O4/c1-2-28-19(27)22-9-7-14(8-10-22)21-17(25)13-23-11-12-24(18(23)26)16-6-4-3-5-15(16)20/h3-6,14H,2,7-13H2,1H3,(H,21,25). The molecule has 2 fully saturated rings. The van der Waals surface area contributed by atoms with Crippen molar-refractivity contribution in [1.29, 1.82) is 0 Å². The molecule has 1 aromatic rings. The molecule has 1 aromatic carbocycles. The van der Waals surface area contributed by atoms with Crippen molar-refractivity contribution >= 4 is 23.7 Å². The Kier molecular flexibility index (Phi) is 6.33. The third-order valence-corrected chi connectivity index (χ3v) is 4.96. The first kappa shape index (κ1) is 19.9. The normalized spacial score (nSPS) is 17.8. The van der Waals surface area contributed by atoms with E-state index >= 15 is 0 Å². The number of ether oxygens (including phenoxy) is 1. The number of hydrogen-bond donors (Lipinski definition) is 1. The van der Waals surface area contributed by atoms with E-state index in [0.29, 0.717) is 45.6 Å². The van der Waals surface area contributed by atoms with E-state index in [1.165, 1.54) is 15.9 Å². The van der Waals surface area contributed by atoms with Gasteiger partial charge in [-0.2, -0.15) is 0 Å². The average molecular weight is 392 g/mol. The predicted molar refractivity (Wildman–Crippen MR) is 100 cm³/mol. The van der Waals surface area contributed by atoms with Gasteiger partial charge in [0.15, 0.2) is 0 Å². The van der Waals surface area contributed by atoms with Crippen molar-refractivity contribution in [2.75, 3.05) is 44.2 Å². The minimum absolute atomic E-state index is 0.0430. The van der Waals surface area contributed by atoms with E-state index in [1.54, 1.807) is 30.0 Å². The van der Waals surface area contributed by atoms with Crippen LogP contribution in [-0.2, 0) is 9.53 Å². The molecule has 152 valence electrons. The zero-order chi connectivity index (χ0) is 20.1. The summed E-state index contributed by atoms with van der Waals surface area (Å²) >= 11 is 0. The van der Waals surface area contributed by atoms with Gasteiger partial charge in [0.2, 0.25) is 5.91 Å². The second kappa shape index (κ2) is 8.90. The molecular weight excluding hydrogens is 367 g/mol. The van der Waals surface area contributed by atoms with Crippen molar-refractivity contribution in [3.05, 3.63) is 30.1 Å². The highest BCUT2D eigenvalue weighted by molar-refractivity contribution is 5.96. The molecule has 8 nitrogen and oxygen atoms in total. The molecule has 0 spiro atoms. The molecular formula is C19H25FN4O4. The zero-order valence-corrected chi connectivity index (χ0v) is 15.9.